The summed E-state index contributed by atoms with van der Waals surface area (Å²) in [4.78, 5) is 15.3. The van der Waals surface area contributed by atoms with Gasteiger partial charge in [0.2, 0.25) is 0 Å². The Balaban J connectivity index is 2.55. The standard InChI is InChI=1S/C12H9ClN4O2/c1-17-9-6-4-5(12(18)19)2-3-7(6)15-11(14)8(9)10(13)16-17/h2-4H,1H3,(H2,14,15)(H,18,19). The summed E-state index contributed by atoms with van der Waals surface area (Å²) in [5, 5.41) is 14.6. The van der Waals surface area contributed by atoms with Crippen LogP contribution in [0.5, 0.6) is 0 Å². The van der Waals surface area contributed by atoms with E-state index in [1.807, 2.05) is 0 Å². The van der Waals surface area contributed by atoms with Crippen molar-refractivity contribution >= 4 is 45.2 Å². The Bertz CT molecular complexity index is 841. The van der Waals surface area contributed by atoms with Gasteiger partial charge in [0, 0.05) is 12.4 Å². The molecule has 3 N–H and O–H groups in total. The molecule has 0 unspecified atom stereocenters. The van der Waals surface area contributed by atoms with E-state index in [-0.39, 0.29) is 16.5 Å². The van der Waals surface area contributed by atoms with Crippen molar-refractivity contribution in [1.29, 1.82) is 0 Å². The monoisotopic (exact) mass is 276 g/mol. The van der Waals surface area contributed by atoms with Crippen LogP contribution in [0.15, 0.2) is 18.2 Å². The number of hydrogen-bond donors (Lipinski definition) is 2. The molecule has 0 aliphatic rings. The van der Waals surface area contributed by atoms with Gasteiger partial charge < -0.3 is 10.8 Å². The van der Waals surface area contributed by atoms with Crippen LogP contribution in [0.2, 0.25) is 5.15 Å². The summed E-state index contributed by atoms with van der Waals surface area (Å²) in [5.41, 5.74) is 7.33. The molecular weight excluding hydrogens is 268 g/mol. The molecule has 7 heteroatoms. The first-order valence-electron chi connectivity index (χ1n) is 5.44. The minimum Gasteiger partial charge on any atom is -0.478 e. The molecule has 0 saturated carbocycles. The second-order valence-corrected chi connectivity index (χ2v) is 4.53. The summed E-state index contributed by atoms with van der Waals surface area (Å²) in [7, 11) is 1.72. The highest BCUT2D eigenvalue weighted by atomic mass is 35.5. The van der Waals surface area contributed by atoms with Crippen LogP contribution >= 0.6 is 11.6 Å². The lowest BCUT2D eigenvalue weighted by Crippen LogP contribution is -1.99. The summed E-state index contributed by atoms with van der Waals surface area (Å²) in [5.74, 6) is -0.719. The molecule has 0 aliphatic carbocycles. The first-order chi connectivity index (χ1) is 8.99. The van der Waals surface area contributed by atoms with Crippen molar-refractivity contribution in [1.82, 2.24) is 14.8 Å². The number of carboxylic acid groups (broad SMARTS) is 1. The van der Waals surface area contributed by atoms with Crippen molar-refractivity contribution < 1.29 is 9.90 Å². The quantitative estimate of drug-likeness (QED) is 0.709. The number of rotatable bonds is 1. The van der Waals surface area contributed by atoms with E-state index in [0.29, 0.717) is 21.8 Å². The zero-order chi connectivity index (χ0) is 13.7. The number of hydrogen-bond acceptors (Lipinski definition) is 4. The number of aromatic carboxylic acids is 1. The number of nitrogen functional groups attached to an aromatic ring is 1. The molecule has 3 aromatic rings. The molecule has 0 radical (unpaired) electrons. The van der Waals surface area contributed by atoms with E-state index in [4.69, 9.17) is 22.4 Å². The van der Waals surface area contributed by atoms with E-state index < -0.39 is 5.97 Å². The highest BCUT2D eigenvalue weighted by Gasteiger charge is 2.16. The molecule has 0 bridgehead atoms. The van der Waals surface area contributed by atoms with Gasteiger partial charge in [-0.05, 0) is 18.2 Å². The molecule has 0 fully saturated rings. The molecule has 19 heavy (non-hydrogen) atoms. The van der Waals surface area contributed by atoms with E-state index in [2.05, 4.69) is 10.1 Å². The number of fused-ring (bicyclic) bond motifs is 3. The average molecular weight is 277 g/mol. The van der Waals surface area contributed by atoms with Crippen molar-refractivity contribution in [3.63, 3.8) is 0 Å². The van der Waals surface area contributed by atoms with Crippen LogP contribution in [0.25, 0.3) is 21.8 Å². The molecule has 6 nitrogen and oxygen atoms in total. The highest BCUT2D eigenvalue weighted by molar-refractivity contribution is 6.36. The molecule has 96 valence electrons. The van der Waals surface area contributed by atoms with Gasteiger partial charge in [-0.1, -0.05) is 11.6 Å². The lowest BCUT2D eigenvalue weighted by molar-refractivity contribution is 0.0697. The second kappa shape index (κ2) is 3.83. The lowest BCUT2D eigenvalue weighted by Gasteiger charge is -2.05. The summed E-state index contributed by atoms with van der Waals surface area (Å²) in [6.45, 7) is 0. The average Bonchev–Trinajstić information content (AvgIpc) is 2.65. The minimum absolute atomic E-state index is 0.178. The molecule has 0 saturated heterocycles. The third-order valence-corrected chi connectivity index (χ3v) is 3.26. The molecule has 2 heterocycles. The van der Waals surface area contributed by atoms with Gasteiger partial charge in [-0.2, -0.15) is 5.10 Å². The number of carboxylic acids is 1. The van der Waals surface area contributed by atoms with Crippen molar-refractivity contribution in [2.45, 2.75) is 0 Å². The van der Waals surface area contributed by atoms with Crippen LogP contribution < -0.4 is 5.73 Å². The van der Waals surface area contributed by atoms with Crippen molar-refractivity contribution in [3.05, 3.63) is 28.9 Å². The molecular formula is C12H9ClN4O2. The van der Waals surface area contributed by atoms with Crippen LogP contribution in [0.1, 0.15) is 10.4 Å². The predicted octanol–water partition coefficient (Wildman–Crippen LogP) is 2.06. The summed E-state index contributed by atoms with van der Waals surface area (Å²) < 4.78 is 1.57. The Morgan fingerprint density at radius 2 is 2.21 bits per heavy atom. The number of halogens is 1. The number of nitrogens with zero attached hydrogens (tertiary/aromatic N) is 3. The number of benzene rings is 1. The van der Waals surface area contributed by atoms with Crippen molar-refractivity contribution in [2.24, 2.45) is 7.05 Å². The van der Waals surface area contributed by atoms with Crippen LogP contribution in [0, 0.1) is 0 Å². The van der Waals surface area contributed by atoms with Crippen LogP contribution in [0.3, 0.4) is 0 Å². The number of aromatic nitrogens is 3. The Labute approximate surface area is 112 Å². The fraction of sp³-hybridized carbons (Fsp3) is 0.0833. The Hall–Kier alpha value is -2.34. The fourth-order valence-electron chi connectivity index (χ4n) is 2.17. The minimum atomic E-state index is -1.000. The van der Waals surface area contributed by atoms with Gasteiger partial charge in [0.25, 0.3) is 0 Å². The van der Waals surface area contributed by atoms with Gasteiger partial charge in [0.05, 0.1) is 22.0 Å². The van der Waals surface area contributed by atoms with Crippen LogP contribution in [-0.2, 0) is 7.05 Å². The number of pyridine rings is 1. The summed E-state index contributed by atoms with van der Waals surface area (Å²) in [6, 6.07) is 4.65. The largest absolute Gasteiger partial charge is 0.478 e. The smallest absolute Gasteiger partial charge is 0.335 e. The molecule has 0 atom stereocenters. The first kappa shape index (κ1) is 11.7. The van der Waals surface area contributed by atoms with E-state index >= 15 is 0 Å². The molecule has 0 spiro atoms. The molecule has 0 aliphatic heterocycles. The molecule has 1 aromatic carbocycles. The molecule has 2 aromatic heterocycles. The number of anilines is 1. The first-order valence-corrected chi connectivity index (χ1v) is 5.81. The maximum atomic E-state index is 11.0. The normalized spacial score (nSPS) is 11.3. The number of carbonyl (C=O) groups is 1. The van der Waals surface area contributed by atoms with E-state index in [1.165, 1.54) is 6.07 Å². The maximum Gasteiger partial charge on any atom is 0.335 e. The van der Waals surface area contributed by atoms with Gasteiger partial charge in [0.1, 0.15) is 5.82 Å². The second-order valence-electron chi connectivity index (χ2n) is 4.17. The van der Waals surface area contributed by atoms with Crippen molar-refractivity contribution in [3.8, 4) is 0 Å². The number of aryl methyl sites for hydroxylation is 1. The van der Waals surface area contributed by atoms with Gasteiger partial charge in [0.15, 0.2) is 5.15 Å². The Morgan fingerprint density at radius 1 is 1.47 bits per heavy atom. The molecule has 0 amide bonds. The van der Waals surface area contributed by atoms with Crippen LogP contribution in [-0.4, -0.2) is 25.8 Å². The zero-order valence-corrected chi connectivity index (χ0v) is 10.6. The van der Waals surface area contributed by atoms with Gasteiger partial charge in [-0.25, -0.2) is 9.78 Å². The topological polar surface area (TPSA) is 94.0 Å². The number of nitrogens with two attached hydrogens (primary N) is 1. The van der Waals surface area contributed by atoms with Crippen LogP contribution in [0.4, 0.5) is 5.82 Å². The summed E-state index contributed by atoms with van der Waals surface area (Å²) in [6.07, 6.45) is 0. The highest BCUT2D eigenvalue weighted by Crippen LogP contribution is 2.32. The van der Waals surface area contributed by atoms with Crippen molar-refractivity contribution in [2.75, 3.05) is 5.73 Å². The zero-order valence-electron chi connectivity index (χ0n) is 9.88. The van der Waals surface area contributed by atoms with E-state index in [0.717, 1.165) is 0 Å². The Kier molecular flexibility index (Phi) is 2.36. The lowest BCUT2D eigenvalue weighted by atomic mass is 10.1. The summed E-state index contributed by atoms with van der Waals surface area (Å²) >= 11 is 6.02. The SMILES string of the molecule is Cn1nc(Cl)c2c(N)nc3ccc(C(=O)O)cc3c21. The third kappa shape index (κ3) is 1.61. The maximum absolute atomic E-state index is 11.0. The predicted molar refractivity (Wildman–Crippen MR) is 72.4 cm³/mol. The third-order valence-electron chi connectivity index (χ3n) is 3.00. The Morgan fingerprint density at radius 3 is 2.89 bits per heavy atom. The molecule has 3 rings (SSSR count). The van der Waals surface area contributed by atoms with E-state index in [9.17, 15) is 4.79 Å². The van der Waals surface area contributed by atoms with Gasteiger partial charge >= 0.3 is 5.97 Å². The van der Waals surface area contributed by atoms with E-state index in [1.54, 1.807) is 23.9 Å². The van der Waals surface area contributed by atoms with Gasteiger partial charge in [-0.3, -0.25) is 4.68 Å². The fourth-order valence-corrected chi connectivity index (χ4v) is 2.47. The van der Waals surface area contributed by atoms with Gasteiger partial charge in [-0.15, -0.1) is 0 Å².